The number of nitrogens with zero attached hydrogens (tertiary/aromatic N) is 1. The van der Waals surface area contributed by atoms with Crippen LogP contribution in [-0.4, -0.2) is 11.5 Å². The van der Waals surface area contributed by atoms with E-state index < -0.39 is 0 Å². The molecule has 2 rings (SSSR count). The Hall–Kier alpha value is -1.58. The Kier molecular flexibility index (Phi) is 2.81. The zero-order valence-electron chi connectivity index (χ0n) is 9.56. The van der Waals surface area contributed by atoms with Gasteiger partial charge in [-0.05, 0) is 24.0 Å². The number of rotatable bonds is 3. The third-order valence-electron chi connectivity index (χ3n) is 2.98. The number of fused-ring (bicyclic) bond motifs is 1. The highest BCUT2D eigenvalue weighted by atomic mass is 16.6. The molecule has 0 radical (unpaired) electrons. The lowest BCUT2D eigenvalue weighted by atomic mass is 9.92. The highest BCUT2D eigenvalue weighted by Crippen LogP contribution is 2.37. The van der Waals surface area contributed by atoms with Crippen molar-refractivity contribution in [2.24, 2.45) is 5.92 Å². The van der Waals surface area contributed by atoms with Crippen molar-refractivity contribution >= 4 is 11.4 Å². The van der Waals surface area contributed by atoms with Crippen molar-refractivity contribution in [3.05, 3.63) is 33.9 Å². The van der Waals surface area contributed by atoms with Crippen LogP contribution in [0.5, 0.6) is 0 Å². The van der Waals surface area contributed by atoms with E-state index in [4.69, 9.17) is 0 Å². The molecule has 1 unspecified atom stereocenters. The van der Waals surface area contributed by atoms with Crippen LogP contribution in [0.15, 0.2) is 18.2 Å². The van der Waals surface area contributed by atoms with Crippen LogP contribution in [0.4, 0.5) is 11.4 Å². The molecule has 1 aliphatic heterocycles. The van der Waals surface area contributed by atoms with Crippen LogP contribution < -0.4 is 5.32 Å². The largest absolute Gasteiger partial charge is 0.384 e. The van der Waals surface area contributed by atoms with Gasteiger partial charge in [0.15, 0.2) is 0 Å². The lowest BCUT2D eigenvalue weighted by Gasteiger charge is -2.12. The van der Waals surface area contributed by atoms with E-state index in [1.165, 1.54) is 0 Å². The third-order valence-corrected chi connectivity index (χ3v) is 2.98. The minimum absolute atomic E-state index is 0.191. The quantitative estimate of drug-likeness (QED) is 0.628. The van der Waals surface area contributed by atoms with Crippen molar-refractivity contribution in [2.75, 3.05) is 11.9 Å². The second kappa shape index (κ2) is 4.12. The van der Waals surface area contributed by atoms with Crippen LogP contribution in [0.3, 0.4) is 0 Å². The van der Waals surface area contributed by atoms with Gasteiger partial charge in [-0.3, -0.25) is 10.1 Å². The van der Waals surface area contributed by atoms with Crippen LogP contribution in [0.25, 0.3) is 0 Å². The van der Waals surface area contributed by atoms with Gasteiger partial charge in [0, 0.05) is 30.3 Å². The molecule has 0 bridgehead atoms. The van der Waals surface area contributed by atoms with Gasteiger partial charge in [-0.25, -0.2) is 0 Å². The van der Waals surface area contributed by atoms with Gasteiger partial charge in [0.2, 0.25) is 0 Å². The molecular weight excluding hydrogens is 204 g/mol. The topological polar surface area (TPSA) is 55.2 Å². The van der Waals surface area contributed by atoms with E-state index in [1.807, 2.05) is 6.07 Å². The van der Waals surface area contributed by atoms with E-state index in [2.05, 4.69) is 19.2 Å². The molecule has 1 aromatic rings. The number of anilines is 1. The summed E-state index contributed by atoms with van der Waals surface area (Å²) in [6.45, 7) is 5.25. The van der Waals surface area contributed by atoms with Gasteiger partial charge in [0.1, 0.15) is 0 Å². The monoisotopic (exact) mass is 220 g/mol. The first kappa shape index (κ1) is 10.9. The van der Waals surface area contributed by atoms with Gasteiger partial charge in [-0.2, -0.15) is 0 Å². The van der Waals surface area contributed by atoms with Crippen LogP contribution >= 0.6 is 0 Å². The maximum atomic E-state index is 10.7. The molecule has 1 N–H and O–H groups in total. The summed E-state index contributed by atoms with van der Waals surface area (Å²) in [4.78, 5) is 10.4. The molecule has 86 valence electrons. The fourth-order valence-corrected chi connectivity index (χ4v) is 2.28. The third kappa shape index (κ3) is 2.01. The number of hydrogen-bond acceptors (Lipinski definition) is 3. The highest BCUT2D eigenvalue weighted by Gasteiger charge is 2.24. The van der Waals surface area contributed by atoms with Crippen LogP contribution in [0.1, 0.15) is 31.7 Å². The van der Waals surface area contributed by atoms with Crippen molar-refractivity contribution < 1.29 is 4.92 Å². The first-order chi connectivity index (χ1) is 7.58. The average Bonchev–Trinajstić information content (AvgIpc) is 2.60. The van der Waals surface area contributed by atoms with Crippen LogP contribution in [-0.2, 0) is 0 Å². The molecule has 0 saturated heterocycles. The van der Waals surface area contributed by atoms with Gasteiger partial charge >= 0.3 is 0 Å². The summed E-state index contributed by atoms with van der Waals surface area (Å²) in [7, 11) is 0. The van der Waals surface area contributed by atoms with E-state index in [0.29, 0.717) is 11.8 Å². The van der Waals surface area contributed by atoms with Gasteiger partial charge in [-0.1, -0.05) is 13.8 Å². The molecule has 0 aromatic heterocycles. The minimum Gasteiger partial charge on any atom is -0.384 e. The Morgan fingerprint density at radius 2 is 2.31 bits per heavy atom. The number of nitrogens with one attached hydrogen (secondary N) is 1. The predicted molar refractivity (Wildman–Crippen MR) is 63.8 cm³/mol. The number of benzene rings is 1. The molecule has 4 nitrogen and oxygen atoms in total. The SMILES string of the molecule is CC(C)CC1CNc2ccc([N+](=O)[O-])cc21. The molecule has 1 atom stereocenters. The molecule has 1 heterocycles. The molecule has 4 heteroatoms. The van der Waals surface area contributed by atoms with Gasteiger partial charge in [0.25, 0.3) is 5.69 Å². The molecule has 0 amide bonds. The fourth-order valence-electron chi connectivity index (χ4n) is 2.28. The van der Waals surface area contributed by atoms with E-state index in [1.54, 1.807) is 12.1 Å². The summed E-state index contributed by atoms with van der Waals surface area (Å²) in [5, 5.41) is 14.0. The summed E-state index contributed by atoms with van der Waals surface area (Å²) in [5.74, 6) is 1.02. The number of non-ortho nitro benzene ring substituents is 1. The molecule has 0 aliphatic carbocycles. The maximum Gasteiger partial charge on any atom is 0.269 e. The van der Waals surface area contributed by atoms with Crippen LogP contribution in [0, 0.1) is 16.0 Å². The van der Waals surface area contributed by atoms with E-state index in [-0.39, 0.29) is 10.6 Å². The Balaban J connectivity index is 2.29. The number of nitro benzene ring substituents is 1. The number of nitro groups is 1. The summed E-state index contributed by atoms with van der Waals surface area (Å²) >= 11 is 0. The normalized spacial score (nSPS) is 18.3. The molecule has 0 saturated carbocycles. The zero-order valence-corrected chi connectivity index (χ0v) is 9.56. The lowest BCUT2D eigenvalue weighted by molar-refractivity contribution is -0.384. The first-order valence-corrected chi connectivity index (χ1v) is 5.60. The maximum absolute atomic E-state index is 10.7. The Labute approximate surface area is 94.8 Å². The van der Waals surface area contributed by atoms with Crippen molar-refractivity contribution in [3.63, 3.8) is 0 Å². The smallest absolute Gasteiger partial charge is 0.269 e. The summed E-state index contributed by atoms with van der Waals surface area (Å²) in [5.41, 5.74) is 2.34. The minimum atomic E-state index is -0.328. The zero-order chi connectivity index (χ0) is 11.7. The second-order valence-electron chi connectivity index (χ2n) is 4.74. The van der Waals surface area contributed by atoms with Crippen molar-refractivity contribution in [2.45, 2.75) is 26.2 Å². The highest BCUT2D eigenvalue weighted by molar-refractivity contribution is 5.61. The van der Waals surface area contributed by atoms with Crippen molar-refractivity contribution in [1.82, 2.24) is 0 Å². The Morgan fingerprint density at radius 3 is 2.94 bits per heavy atom. The lowest BCUT2D eigenvalue weighted by Crippen LogP contribution is -2.05. The molecule has 0 spiro atoms. The second-order valence-corrected chi connectivity index (χ2v) is 4.74. The van der Waals surface area contributed by atoms with Gasteiger partial charge in [-0.15, -0.1) is 0 Å². The van der Waals surface area contributed by atoms with E-state index in [0.717, 1.165) is 24.2 Å². The van der Waals surface area contributed by atoms with Crippen molar-refractivity contribution in [3.8, 4) is 0 Å². The number of hydrogen-bond donors (Lipinski definition) is 1. The fraction of sp³-hybridized carbons (Fsp3) is 0.500. The summed E-state index contributed by atoms with van der Waals surface area (Å²) < 4.78 is 0. The standard InChI is InChI=1S/C12H16N2O2/c1-8(2)5-9-7-13-12-4-3-10(14(15)16)6-11(9)12/h3-4,6,8-9,13H,5,7H2,1-2H3. The Bertz CT molecular complexity index is 415. The van der Waals surface area contributed by atoms with Crippen LogP contribution in [0.2, 0.25) is 0 Å². The molecule has 1 aliphatic rings. The molecule has 16 heavy (non-hydrogen) atoms. The average molecular weight is 220 g/mol. The van der Waals surface area contributed by atoms with Gasteiger partial charge in [0.05, 0.1) is 4.92 Å². The van der Waals surface area contributed by atoms with Gasteiger partial charge < -0.3 is 5.32 Å². The Morgan fingerprint density at radius 1 is 1.56 bits per heavy atom. The molecule has 0 fully saturated rings. The molecule has 1 aromatic carbocycles. The van der Waals surface area contributed by atoms with Crippen molar-refractivity contribution in [1.29, 1.82) is 0 Å². The predicted octanol–water partition coefficient (Wildman–Crippen LogP) is 3.15. The summed E-state index contributed by atoms with van der Waals surface area (Å²) in [6, 6.07) is 5.08. The summed E-state index contributed by atoms with van der Waals surface area (Å²) in [6.07, 6.45) is 1.07. The van der Waals surface area contributed by atoms with E-state index in [9.17, 15) is 10.1 Å². The van der Waals surface area contributed by atoms with E-state index >= 15 is 0 Å². The first-order valence-electron chi connectivity index (χ1n) is 5.60. The molecular formula is C12H16N2O2.